The summed E-state index contributed by atoms with van der Waals surface area (Å²) < 4.78 is 5.07. The minimum atomic E-state index is -0.502. The van der Waals surface area contributed by atoms with Crippen LogP contribution in [0.1, 0.15) is 42.1 Å². The number of ether oxygens (including phenoxy) is 1. The number of nitrogens with one attached hydrogen (secondary N) is 1. The number of carbonyl (C=O) groups excluding carboxylic acids is 2. The molecule has 0 aliphatic heterocycles. The fraction of sp³-hybridized carbons (Fsp3) is 0.529. The molecule has 0 aromatic heterocycles. The van der Waals surface area contributed by atoms with Gasteiger partial charge in [-0.25, -0.2) is 4.79 Å². The summed E-state index contributed by atoms with van der Waals surface area (Å²) in [6.07, 6.45) is 2.65. The summed E-state index contributed by atoms with van der Waals surface area (Å²) in [6, 6.07) is 3.26. The Labute approximate surface area is 141 Å². The Morgan fingerprint density at radius 3 is 2.48 bits per heavy atom. The van der Waals surface area contributed by atoms with Gasteiger partial charge in [-0.2, -0.15) is 0 Å². The number of hydrogen-bond donors (Lipinski definition) is 1. The molecule has 2 rings (SSSR count). The molecule has 1 aromatic carbocycles. The van der Waals surface area contributed by atoms with Gasteiger partial charge in [0.1, 0.15) is 5.54 Å². The van der Waals surface area contributed by atoms with Crippen molar-refractivity contribution in [2.75, 3.05) is 26.0 Å². The van der Waals surface area contributed by atoms with Crippen LogP contribution in [-0.4, -0.2) is 43.0 Å². The second kappa shape index (κ2) is 6.89. The van der Waals surface area contributed by atoms with E-state index in [4.69, 9.17) is 16.3 Å². The zero-order chi connectivity index (χ0) is 17.2. The van der Waals surface area contributed by atoms with Crippen LogP contribution in [0.15, 0.2) is 12.1 Å². The maximum absolute atomic E-state index is 12.8. The molecule has 0 heterocycles. The van der Waals surface area contributed by atoms with Gasteiger partial charge in [0.05, 0.1) is 17.9 Å². The molecule has 5 nitrogen and oxygen atoms in total. The highest BCUT2D eigenvalue weighted by Gasteiger charge is 2.46. The molecule has 1 aliphatic rings. The number of anilines is 1. The Kier molecular flexibility index (Phi) is 5.32. The van der Waals surface area contributed by atoms with E-state index in [0.717, 1.165) is 24.8 Å². The summed E-state index contributed by atoms with van der Waals surface area (Å²) in [5.41, 5.74) is 1.00. The molecule has 1 aliphatic carbocycles. The third-order valence-electron chi connectivity index (χ3n) is 4.49. The average molecular weight is 339 g/mol. The molecule has 0 bridgehead atoms. The number of rotatable bonds is 5. The van der Waals surface area contributed by atoms with Crippen molar-refractivity contribution in [1.82, 2.24) is 4.90 Å². The first-order chi connectivity index (χ1) is 10.8. The fourth-order valence-electron chi connectivity index (χ4n) is 2.90. The van der Waals surface area contributed by atoms with Crippen LogP contribution in [0.5, 0.6) is 0 Å². The van der Waals surface area contributed by atoms with Crippen LogP contribution in [0, 0.1) is 6.92 Å². The maximum atomic E-state index is 12.8. The number of nitrogens with zero attached hydrogens (tertiary/aromatic N) is 1. The van der Waals surface area contributed by atoms with Gasteiger partial charge in [0, 0.05) is 5.02 Å². The molecule has 1 amide bonds. The van der Waals surface area contributed by atoms with Gasteiger partial charge in [0.15, 0.2) is 0 Å². The van der Waals surface area contributed by atoms with Gasteiger partial charge in [-0.05, 0) is 64.9 Å². The maximum Gasteiger partial charge on any atom is 0.340 e. The van der Waals surface area contributed by atoms with E-state index >= 15 is 0 Å². The molecule has 1 fully saturated rings. The Morgan fingerprint density at radius 2 is 2.00 bits per heavy atom. The zero-order valence-electron chi connectivity index (χ0n) is 14.0. The highest BCUT2D eigenvalue weighted by Crippen LogP contribution is 2.38. The molecule has 1 aromatic rings. The summed E-state index contributed by atoms with van der Waals surface area (Å²) in [4.78, 5) is 26.9. The summed E-state index contributed by atoms with van der Waals surface area (Å²) in [5, 5.41) is 3.37. The molecule has 0 atom stereocenters. The first kappa shape index (κ1) is 17.8. The predicted octanol–water partition coefficient (Wildman–Crippen LogP) is 3.25. The van der Waals surface area contributed by atoms with E-state index in [2.05, 4.69) is 5.32 Å². The third kappa shape index (κ3) is 3.35. The van der Waals surface area contributed by atoms with E-state index in [1.54, 1.807) is 13.0 Å². The van der Waals surface area contributed by atoms with Gasteiger partial charge in [0.2, 0.25) is 5.91 Å². The van der Waals surface area contributed by atoms with Gasteiger partial charge in [-0.1, -0.05) is 11.6 Å². The smallest absolute Gasteiger partial charge is 0.340 e. The summed E-state index contributed by atoms with van der Waals surface area (Å²) >= 11 is 6.05. The van der Waals surface area contributed by atoms with Crippen LogP contribution < -0.4 is 5.32 Å². The highest BCUT2D eigenvalue weighted by atomic mass is 35.5. The molecule has 0 saturated heterocycles. The quantitative estimate of drug-likeness (QED) is 0.837. The van der Waals surface area contributed by atoms with E-state index in [1.165, 1.54) is 6.07 Å². The predicted molar refractivity (Wildman–Crippen MR) is 91.0 cm³/mol. The molecule has 1 saturated carbocycles. The highest BCUT2D eigenvalue weighted by molar-refractivity contribution is 6.31. The van der Waals surface area contributed by atoms with Gasteiger partial charge in [-0.15, -0.1) is 0 Å². The second-order valence-corrected chi connectivity index (χ2v) is 6.54. The van der Waals surface area contributed by atoms with E-state index in [1.807, 2.05) is 25.9 Å². The van der Waals surface area contributed by atoms with E-state index in [9.17, 15) is 9.59 Å². The number of benzene rings is 1. The minimum absolute atomic E-state index is 0.0929. The minimum Gasteiger partial charge on any atom is -0.462 e. The van der Waals surface area contributed by atoms with Gasteiger partial charge in [0.25, 0.3) is 0 Å². The van der Waals surface area contributed by atoms with Crippen LogP contribution >= 0.6 is 11.6 Å². The van der Waals surface area contributed by atoms with Gasteiger partial charge >= 0.3 is 5.97 Å². The number of aryl methyl sites for hydroxylation is 1. The molecule has 0 unspecified atom stereocenters. The van der Waals surface area contributed by atoms with Crippen molar-refractivity contribution in [3.8, 4) is 0 Å². The van der Waals surface area contributed by atoms with Crippen LogP contribution in [0.2, 0.25) is 5.02 Å². The zero-order valence-corrected chi connectivity index (χ0v) is 14.8. The SMILES string of the molecule is CCOC(=O)c1cc(Cl)cc(C)c1NC(=O)C1(N(C)C)CCC1. The summed E-state index contributed by atoms with van der Waals surface area (Å²) in [7, 11) is 3.80. The largest absolute Gasteiger partial charge is 0.462 e. The van der Waals surface area contributed by atoms with Gasteiger partial charge < -0.3 is 10.1 Å². The van der Waals surface area contributed by atoms with Crippen LogP contribution in [-0.2, 0) is 9.53 Å². The lowest BCUT2D eigenvalue weighted by Gasteiger charge is -2.45. The standard InChI is InChI=1S/C17H23ClN2O3/c1-5-23-15(21)13-10-12(18)9-11(2)14(13)19-16(22)17(20(3)4)7-6-8-17/h9-10H,5-8H2,1-4H3,(H,19,22). The second-order valence-electron chi connectivity index (χ2n) is 6.10. The topological polar surface area (TPSA) is 58.6 Å². The lowest BCUT2D eigenvalue weighted by Crippen LogP contribution is -2.58. The van der Waals surface area contributed by atoms with Crippen molar-refractivity contribution in [1.29, 1.82) is 0 Å². The lowest BCUT2D eigenvalue weighted by atomic mass is 9.75. The average Bonchev–Trinajstić information content (AvgIpc) is 2.39. The van der Waals surface area contributed by atoms with E-state index in [-0.39, 0.29) is 12.5 Å². The Bertz CT molecular complexity index is 625. The molecular weight excluding hydrogens is 316 g/mol. The Hall–Kier alpha value is -1.59. The lowest BCUT2D eigenvalue weighted by molar-refractivity contribution is -0.131. The number of carbonyl (C=O) groups is 2. The van der Waals surface area contributed by atoms with Gasteiger partial charge in [-0.3, -0.25) is 9.69 Å². The normalized spacial score (nSPS) is 15.9. The molecule has 0 radical (unpaired) electrons. The van der Waals surface area contributed by atoms with E-state index < -0.39 is 11.5 Å². The van der Waals surface area contributed by atoms with E-state index in [0.29, 0.717) is 16.3 Å². The first-order valence-corrected chi connectivity index (χ1v) is 8.15. The number of hydrogen-bond acceptors (Lipinski definition) is 4. The van der Waals surface area contributed by atoms with Crippen LogP contribution in [0.25, 0.3) is 0 Å². The summed E-state index contributed by atoms with van der Waals surface area (Å²) in [5.74, 6) is -0.578. The number of likely N-dealkylation sites (N-methyl/N-ethyl adjacent to an activating group) is 1. The van der Waals surface area contributed by atoms with Crippen LogP contribution in [0.4, 0.5) is 5.69 Å². The molecule has 1 N–H and O–H groups in total. The summed E-state index contributed by atoms with van der Waals surface area (Å²) in [6.45, 7) is 3.82. The van der Waals surface area contributed by atoms with Crippen molar-refractivity contribution >= 4 is 29.2 Å². The van der Waals surface area contributed by atoms with Crippen LogP contribution in [0.3, 0.4) is 0 Å². The fourth-order valence-corrected chi connectivity index (χ4v) is 3.17. The monoisotopic (exact) mass is 338 g/mol. The van der Waals surface area contributed by atoms with Crippen molar-refractivity contribution in [2.45, 2.75) is 38.6 Å². The van der Waals surface area contributed by atoms with Crippen molar-refractivity contribution < 1.29 is 14.3 Å². The third-order valence-corrected chi connectivity index (χ3v) is 4.71. The number of amides is 1. The number of esters is 1. The Balaban J connectivity index is 2.35. The Morgan fingerprint density at radius 1 is 1.35 bits per heavy atom. The molecular formula is C17H23ClN2O3. The molecule has 0 spiro atoms. The first-order valence-electron chi connectivity index (χ1n) is 7.78. The van der Waals surface area contributed by atoms with Crippen molar-refractivity contribution in [3.05, 3.63) is 28.3 Å². The molecule has 6 heteroatoms. The van der Waals surface area contributed by atoms with Crippen molar-refractivity contribution in [2.24, 2.45) is 0 Å². The number of halogens is 1. The van der Waals surface area contributed by atoms with Crippen molar-refractivity contribution in [3.63, 3.8) is 0 Å². The molecule has 23 heavy (non-hydrogen) atoms. The molecule has 126 valence electrons.